The Morgan fingerprint density at radius 3 is 1.43 bits per heavy atom. The zero-order valence-electron chi connectivity index (χ0n) is 20.7. The van der Waals surface area contributed by atoms with Gasteiger partial charge < -0.3 is 22.9 Å². The third-order valence-corrected chi connectivity index (χ3v) is 9.30. The van der Waals surface area contributed by atoms with Crippen molar-refractivity contribution in [2.45, 2.75) is 104 Å². The number of hydrogen-bond donors (Lipinski definition) is 0. The Morgan fingerprint density at radius 1 is 0.714 bits per heavy atom. The van der Waals surface area contributed by atoms with Crippen LogP contribution < -0.4 is 12.4 Å². The standard InChI is InChI=1S/C22H40O2P2.ClH.Ir.H/c1-19(2,3)25(20(4,5)6)23-17-14-13-15-18(16-17)24-26(21(7,8)9)22(10,11)12;;;/h13-16H,1-12H3;1H;;/q-1;;+3;-1/p-1. The number of allylic oxidation sites excluding steroid dienone is 1. The Hall–Kier alpha value is 0.909. The Balaban J connectivity index is -0.00000225. The van der Waals surface area contributed by atoms with Crippen molar-refractivity contribution in [3.05, 3.63) is 36.5 Å². The molecule has 0 saturated carbocycles. The minimum atomic E-state index is -0.647. The Morgan fingerprint density at radius 2 is 1.07 bits per heavy atom. The van der Waals surface area contributed by atoms with E-state index in [1.165, 1.54) is 0 Å². The van der Waals surface area contributed by atoms with E-state index in [1.807, 2.05) is 6.08 Å². The molecular formula is C22H41ClIrO2P2. The maximum atomic E-state index is 6.53. The Bertz CT molecular complexity index is 513. The first kappa shape index (κ1) is 31.1. The van der Waals surface area contributed by atoms with E-state index in [0.29, 0.717) is 0 Å². The van der Waals surface area contributed by atoms with Gasteiger partial charge in [-0.15, -0.1) is 12.5 Å². The van der Waals surface area contributed by atoms with Gasteiger partial charge in [0.2, 0.25) is 0 Å². The van der Waals surface area contributed by atoms with Gasteiger partial charge in [0.05, 0.1) is 8.15 Å². The smallest absolute Gasteiger partial charge is 1.00 e. The third kappa shape index (κ3) is 9.81. The van der Waals surface area contributed by atoms with Crippen molar-refractivity contribution in [3.8, 4) is 0 Å². The first-order valence-electron chi connectivity index (χ1n) is 9.49. The van der Waals surface area contributed by atoms with Crippen LogP contribution in [-0.2, 0) is 29.2 Å². The summed E-state index contributed by atoms with van der Waals surface area (Å²) in [6, 6.07) is 0. The van der Waals surface area contributed by atoms with Gasteiger partial charge in [0, 0.05) is 40.6 Å². The molecule has 0 spiro atoms. The van der Waals surface area contributed by atoms with Gasteiger partial charge in [-0.1, -0.05) is 83.1 Å². The fraction of sp³-hybridized carbons (Fsp3) is 0.727. The molecule has 6 heteroatoms. The van der Waals surface area contributed by atoms with Crippen molar-refractivity contribution in [2.24, 2.45) is 0 Å². The number of halogens is 1. The van der Waals surface area contributed by atoms with Gasteiger partial charge in [0.1, 0.15) is 0 Å². The van der Waals surface area contributed by atoms with E-state index in [4.69, 9.17) is 9.05 Å². The van der Waals surface area contributed by atoms with E-state index >= 15 is 0 Å². The molecule has 0 atom stereocenters. The summed E-state index contributed by atoms with van der Waals surface area (Å²) in [5.74, 6) is 0.913. The minimum absolute atomic E-state index is 0. The minimum Gasteiger partial charge on any atom is -1.00 e. The molecule has 2 nitrogen and oxygen atoms in total. The molecule has 0 saturated heterocycles. The molecule has 167 valence electrons. The van der Waals surface area contributed by atoms with Crippen LogP contribution in [0.3, 0.4) is 0 Å². The van der Waals surface area contributed by atoms with E-state index in [9.17, 15) is 0 Å². The molecule has 0 unspecified atom stereocenters. The van der Waals surface area contributed by atoms with Gasteiger partial charge in [0.15, 0.2) is 0 Å². The predicted octanol–water partition coefficient (Wildman–Crippen LogP) is 5.31. The first-order valence-corrected chi connectivity index (χ1v) is 12.0. The van der Waals surface area contributed by atoms with Crippen LogP contribution in [0.25, 0.3) is 0 Å². The van der Waals surface area contributed by atoms with Crippen molar-refractivity contribution in [3.63, 3.8) is 0 Å². The SMILES string of the molecule is CC(C)(C)P(O[C]1C=C[CH-]C(OP(C(C)(C)C)C(C)(C)C)=C1)C(C)(C)C.[Cl-].[H-].[Ir+3]. The quantitative estimate of drug-likeness (QED) is 0.311. The summed E-state index contributed by atoms with van der Waals surface area (Å²) in [5.41, 5.74) is 0. The zero-order valence-corrected chi connectivity index (χ0v) is 24.7. The molecule has 0 N–H and O–H groups in total. The Labute approximate surface area is 199 Å². The molecule has 0 bridgehead atoms. The first-order chi connectivity index (χ1) is 11.4. The molecule has 0 aliphatic heterocycles. The van der Waals surface area contributed by atoms with E-state index in [0.717, 1.165) is 11.9 Å². The fourth-order valence-corrected chi connectivity index (χ4v) is 9.13. The molecular weight excluding hydrogens is 586 g/mol. The summed E-state index contributed by atoms with van der Waals surface area (Å²) >= 11 is 0. The molecule has 0 aromatic carbocycles. The summed E-state index contributed by atoms with van der Waals surface area (Å²) in [6.07, 6.45) is 9.13. The molecule has 0 aromatic rings. The van der Waals surface area contributed by atoms with Crippen molar-refractivity contribution >= 4 is 16.3 Å². The van der Waals surface area contributed by atoms with Crippen LogP contribution in [-0.4, -0.2) is 20.6 Å². The third-order valence-electron chi connectivity index (χ3n) is 3.64. The van der Waals surface area contributed by atoms with Crippen LogP contribution in [0.1, 0.15) is 84.5 Å². The summed E-state index contributed by atoms with van der Waals surface area (Å²) in [5, 5.41) is 0.476. The predicted molar refractivity (Wildman–Crippen MR) is 121 cm³/mol. The second kappa shape index (κ2) is 11.0. The van der Waals surface area contributed by atoms with E-state index < -0.39 is 16.3 Å². The summed E-state index contributed by atoms with van der Waals surface area (Å²) in [7, 11) is -1.29. The topological polar surface area (TPSA) is 18.5 Å². The van der Waals surface area contributed by atoms with E-state index in [2.05, 4.69) is 102 Å². The largest absolute Gasteiger partial charge is 3.00 e. The molecule has 0 fully saturated rings. The van der Waals surface area contributed by atoms with Crippen LogP contribution in [0.2, 0.25) is 0 Å². The van der Waals surface area contributed by atoms with Crippen LogP contribution in [0, 0.1) is 12.5 Å². The van der Waals surface area contributed by atoms with Crippen LogP contribution in [0.4, 0.5) is 0 Å². The van der Waals surface area contributed by atoms with Gasteiger partial charge in [0.25, 0.3) is 0 Å². The van der Waals surface area contributed by atoms with E-state index in [-0.39, 0.29) is 54.6 Å². The normalized spacial score (nSPS) is 16.3. The zero-order chi connectivity index (χ0) is 20.6. The molecule has 1 rings (SSSR count). The summed E-state index contributed by atoms with van der Waals surface area (Å²) < 4.78 is 13.1. The van der Waals surface area contributed by atoms with E-state index in [1.54, 1.807) is 0 Å². The monoisotopic (exact) mass is 627 g/mol. The maximum absolute atomic E-state index is 6.53. The van der Waals surface area contributed by atoms with Crippen molar-refractivity contribution in [1.82, 2.24) is 0 Å². The van der Waals surface area contributed by atoms with Gasteiger partial charge in [-0.3, -0.25) is 0 Å². The van der Waals surface area contributed by atoms with Crippen molar-refractivity contribution in [1.29, 1.82) is 0 Å². The average molecular weight is 627 g/mol. The summed E-state index contributed by atoms with van der Waals surface area (Å²) in [4.78, 5) is 0. The van der Waals surface area contributed by atoms with Gasteiger partial charge in [-0.05, 0) is 0 Å². The molecule has 0 heterocycles. The van der Waals surface area contributed by atoms with Crippen molar-refractivity contribution in [2.75, 3.05) is 0 Å². The van der Waals surface area contributed by atoms with Crippen LogP contribution >= 0.6 is 16.3 Å². The Kier molecular flexibility index (Phi) is 12.2. The van der Waals surface area contributed by atoms with Crippen molar-refractivity contribution < 1.29 is 43.0 Å². The molecule has 0 aromatic heterocycles. The van der Waals surface area contributed by atoms with Gasteiger partial charge in [-0.2, -0.15) is 12.2 Å². The average Bonchev–Trinajstić information content (AvgIpc) is 2.37. The van der Waals surface area contributed by atoms with Crippen LogP contribution in [0.5, 0.6) is 0 Å². The van der Waals surface area contributed by atoms with Gasteiger partial charge >= 0.3 is 20.1 Å². The molecule has 28 heavy (non-hydrogen) atoms. The second-order valence-electron chi connectivity index (χ2n) is 10.9. The molecule has 0 amide bonds. The second-order valence-corrected chi connectivity index (χ2v) is 17.8. The molecule has 1 radical (unpaired) electrons. The molecule has 1 aliphatic carbocycles. The molecule has 1 aliphatic rings. The number of rotatable bonds is 4. The summed E-state index contributed by atoms with van der Waals surface area (Å²) in [6.45, 7) is 27.2. The number of hydrogen-bond acceptors (Lipinski definition) is 2. The maximum Gasteiger partial charge on any atom is 3.00 e. The van der Waals surface area contributed by atoms with Crippen LogP contribution in [0.15, 0.2) is 24.0 Å². The fourth-order valence-electron chi connectivity index (χ4n) is 3.36. The van der Waals surface area contributed by atoms with Gasteiger partial charge in [-0.25, -0.2) is 0 Å².